The lowest BCUT2D eigenvalue weighted by Crippen LogP contribution is -2.22. The zero-order chi connectivity index (χ0) is 20.9. The predicted molar refractivity (Wildman–Crippen MR) is 123 cm³/mol. The summed E-state index contributed by atoms with van der Waals surface area (Å²) in [6.45, 7) is 1.59. The number of methoxy groups -OCH3 is 1. The number of ether oxygens (including phenoxy) is 1. The van der Waals surface area contributed by atoms with E-state index in [4.69, 9.17) is 4.74 Å². The Morgan fingerprint density at radius 2 is 1.00 bits per heavy atom. The predicted octanol–water partition coefficient (Wildman–Crippen LogP) is 6.71. The maximum Gasteiger partial charge on any atom is 0.228 e. The Hall–Kier alpha value is -3.85. The van der Waals surface area contributed by atoms with E-state index in [1.165, 1.54) is 0 Å². The van der Waals surface area contributed by atoms with Gasteiger partial charge in [-0.25, -0.2) is 0 Å². The highest BCUT2D eigenvalue weighted by atomic mass is 16.5. The van der Waals surface area contributed by atoms with Crippen LogP contribution >= 0.6 is 0 Å². The first-order chi connectivity index (χ1) is 14.7. The second-order valence-corrected chi connectivity index (χ2v) is 7.04. The van der Waals surface area contributed by atoms with Gasteiger partial charge in [-0.1, -0.05) is 66.7 Å². The van der Waals surface area contributed by atoms with Crippen molar-refractivity contribution in [3.8, 4) is 28.0 Å². The van der Waals surface area contributed by atoms with E-state index >= 15 is 0 Å². The van der Waals surface area contributed by atoms with Gasteiger partial charge in [0.2, 0.25) is 5.91 Å². The average Bonchev–Trinajstić information content (AvgIpc) is 2.81. The lowest BCUT2D eigenvalue weighted by molar-refractivity contribution is -0.115. The molecule has 0 radical (unpaired) electrons. The lowest BCUT2D eigenvalue weighted by atomic mass is 10.0. The molecule has 0 saturated heterocycles. The number of hydrogen-bond donors (Lipinski definition) is 0. The van der Waals surface area contributed by atoms with Crippen LogP contribution in [0.1, 0.15) is 6.92 Å². The van der Waals surface area contributed by atoms with Gasteiger partial charge in [0, 0.05) is 18.3 Å². The van der Waals surface area contributed by atoms with Gasteiger partial charge in [-0.15, -0.1) is 0 Å². The molecule has 0 fully saturated rings. The van der Waals surface area contributed by atoms with E-state index in [9.17, 15) is 4.79 Å². The Labute approximate surface area is 177 Å². The van der Waals surface area contributed by atoms with Crippen molar-refractivity contribution in [3.05, 3.63) is 103 Å². The Morgan fingerprint density at radius 1 is 0.600 bits per heavy atom. The minimum absolute atomic E-state index is 0.0281. The molecule has 0 aliphatic rings. The SMILES string of the molecule is COc1ccc(-c2ccc(N(C(C)=O)c3ccc(-c4ccccc4)cc3)cc2)cc1. The first-order valence-electron chi connectivity index (χ1n) is 9.86. The monoisotopic (exact) mass is 393 g/mol. The molecule has 0 saturated carbocycles. The Balaban J connectivity index is 1.60. The number of carbonyl (C=O) groups is 1. The van der Waals surface area contributed by atoms with Gasteiger partial charge in [-0.2, -0.15) is 0 Å². The van der Waals surface area contributed by atoms with Gasteiger partial charge in [0.25, 0.3) is 0 Å². The number of carbonyl (C=O) groups excluding carboxylic acids is 1. The minimum atomic E-state index is -0.0281. The molecule has 0 aliphatic carbocycles. The van der Waals surface area contributed by atoms with Gasteiger partial charge >= 0.3 is 0 Å². The number of benzene rings is 4. The normalized spacial score (nSPS) is 10.5. The van der Waals surface area contributed by atoms with E-state index in [0.29, 0.717) is 0 Å². The van der Waals surface area contributed by atoms with Crippen LogP contribution in [0.4, 0.5) is 11.4 Å². The third-order valence-corrected chi connectivity index (χ3v) is 5.10. The van der Waals surface area contributed by atoms with Gasteiger partial charge in [-0.05, 0) is 58.7 Å². The molecule has 4 aromatic carbocycles. The number of hydrogen-bond acceptors (Lipinski definition) is 2. The van der Waals surface area contributed by atoms with Gasteiger partial charge in [0.1, 0.15) is 5.75 Å². The average molecular weight is 393 g/mol. The van der Waals surface area contributed by atoms with Crippen LogP contribution in [0.2, 0.25) is 0 Å². The molecule has 0 heterocycles. The summed E-state index contributed by atoms with van der Waals surface area (Å²) in [5, 5.41) is 0. The number of anilines is 2. The summed E-state index contributed by atoms with van der Waals surface area (Å²) in [6.07, 6.45) is 0. The second kappa shape index (κ2) is 8.66. The van der Waals surface area contributed by atoms with Crippen LogP contribution in [0.5, 0.6) is 5.75 Å². The maximum atomic E-state index is 12.4. The third kappa shape index (κ3) is 4.11. The summed E-state index contributed by atoms with van der Waals surface area (Å²) in [5.41, 5.74) is 6.15. The van der Waals surface area contributed by atoms with E-state index in [1.54, 1.807) is 18.9 Å². The molecular formula is C27H23NO2. The summed E-state index contributed by atoms with van der Waals surface area (Å²) in [4.78, 5) is 14.2. The zero-order valence-electron chi connectivity index (χ0n) is 17.1. The van der Waals surface area contributed by atoms with E-state index in [-0.39, 0.29) is 5.91 Å². The highest BCUT2D eigenvalue weighted by Gasteiger charge is 2.14. The summed E-state index contributed by atoms with van der Waals surface area (Å²) < 4.78 is 5.22. The molecule has 148 valence electrons. The quantitative estimate of drug-likeness (QED) is 0.377. The lowest BCUT2D eigenvalue weighted by Gasteiger charge is -2.22. The molecule has 3 heteroatoms. The number of rotatable bonds is 5. The molecule has 3 nitrogen and oxygen atoms in total. The van der Waals surface area contributed by atoms with E-state index in [0.717, 1.165) is 39.4 Å². The summed E-state index contributed by atoms with van der Waals surface area (Å²) >= 11 is 0. The van der Waals surface area contributed by atoms with Crippen LogP contribution in [-0.4, -0.2) is 13.0 Å². The standard InChI is InChI=1S/C27H23NO2/c1-20(29)28(25-14-8-22(9-15-25)21-6-4-3-5-7-21)26-16-10-23(11-17-26)24-12-18-27(30-2)19-13-24/h3-19H,1-2H3. The largest absolute Gasteiger partial charge is 0.497 e. The molecule has 4 aromatic rings. The molecular weight excluding hydrogens is 370 g/mol. The Bertz CT molecular complexity index is 1120. The topological polar surface area (TPSA) is 29.5 Å². The third-order valence-electron chi connectivity index (χ3n) is 5.10. The number of amides is 1. The van der Waals surface area contributed by atoms with Crippen LogP contribution in [-0.2, 0) is 4.79 Å². The summed E-state index contributed by atoms with van der Waals surface area (Å²) in [6, 6.07) is 34.2. The van der Waals surface area contributed by atoms with Crippen molar-refractivity contribution in [1.29, 1.82) is 0 Å². The molecule has 0 aliphatic heterocycles. The molecule has 30 heavy (non-hydrogen) atoms. The molecule has 4 rings (SSSR count). The molecule has 0 unspecified atom stereocenters. The highest BCUT2D eigenvalue weighted by molar-refractivity contribution is 5.99. The van der Waals surface area contributed by atoms with Crippen molar-refractivity contribution < 1.29 is 9.53 Å². The van der Waals surface area contributed by atoms with Crippen molar-refractivity contribution in [3.63, 3.8) is 0 Å². The van der Waals surface area contributed by atoms with Crippen LogP contribution in [0, 0.1) is 0 Å². The van der Waals surface area contributed by atoms with Gasteiger partial charge in [0.05, 0.1) is 7.11 Å². The first-order valence-corrected chi connectivity index (χ1v) is 9.86. The van der Waals surface area contributed by atoms with Crippen LogP contribution in [0.3, 0.4) is 0 Å². The second-order valence-electron chi connectivity index (χ2n) is 7.04. The fourth-order valence-corrected chi connectivity index (χ4v) is 3.53. The zero-order valence-corrected chi connectivity index (χ0v) is 17.1. The van der Waals surface area contributed by atoms with Crippen molar-refractivity contribution in [2.24, 2.45) is 0 Å². The summed E-state index contributed by atoms with van der Waals surface area (Å²) in [7, 11) is 1.66. The smallest absolute Gasteiger partial charge is 0.228 e. The Kier molecular flexibility index (Phi) is 5.62. The minimum Gasteiger partial charge on any atom is -0.497 e. The fourth-order valence-electron chi connectivity index (χ4n) is 3.53. The van der Waals surface area contributed by atoms with E-state index < -0.39 is 0 Å². The molecule has 0 spiro atoms. The summed E-state index contributed by atoms with van der Waals surface area (Å²) in [5.74, 6) is 0.803. The fraction of sp³-hybridized carbons (Fsp3) is 0.0741. The van der Waals surface area contributed by atoms with Crippen LogP contribution in [0.25, 0.3) is 22.3 Å². The van der Waals surface area contributed by atoms with E-state index in [1.807, 2.05) is 91.0 Å². The van der Waals surface area contributed by atoms with Gasteiger partial charge in [-0.3, -0.25) is 9.69 Å². The van der Waals surface area contributed by atoms with E-state index in [2.05, 4.69) is 12.1 Å². The molecule has 1 amide bonds. The first kappa shape index (κ1) is 19.5. The highest BCUT2D eigenvalue weighted by Crippen LogP contribution is 2.31. The van der Waals surface area contributed by atoms with Crippen molar-refractivity contribution in [2.45, 2.75) is 6.92 Å². The molecule has 0 N–H and O–H groups in total. The molecule has 0 atom stereocenters. The molecule has 0 bridgehead atoms. The maximum absolute atomic E-state index is 12.4. The van der Waals surface area contributed by atoms with Crippen molar-refractivity contribution in [2.75, 3.05) is 12.0 Å². The van der Waals surface area contributed by atoms with Crippen LogP contribution < -0.4 is 9.64 Å². The van der Waals surface area contributed by atoms with Gasteiger partial charge in [0.15, 0.2) is 0 Å². The van der Waals surface area contributed by atoms with Gasteiger partial charge < -0.3 is 4.74 Å². The van der Waals surface area contributed by atoms with Crippen LogP contribution in [0.15, 0.2) is 103 Å². The number of nitrogens with zero attached hydrogens (tertiary/aromatic N) is 1. The van der Waals surface area contributed by atoms with Crippen molar-refractivity contribution >= 4 is 17.3 Å². The molecule has 0 aromatic heterocycles. The van der Waals surface area contributed by atoms with Crippen molar-refractivity contribution in [1.82, 2.24) is 0 Å². The Morgan fingerprint density at radius 3 is 1.40 bits per heavy atom.